The van der Waals surface area contributed by atoms with Gasteiger partial charge in [-0.15, -0.1) is 0 Å². The van der Waals surface area contributed by atoms with Crippen molar-refractivity contribution in [2.75, 3.05) is 0 Å². The number of halogens is 1. The smallest absolute Gasteiger partial charge is 0.404 e. The SMILES string of the molecule is O=C(O)N[C@H]1C[C@H](Oc2ccc(F)cc2)C1. The molecule has 0 aromatic heterocycles. The van der Waals surface area contributed by atoms with E-state index in [0.29, 0.717) is 18.6 Å². The lowest BCUT2D eigenvalue weighted by molar-refractivity contribution is 0.0833. The van der Waals surface area contributed by atoms with E-state index in [9.17, 15) is 9.18 Å². The van der Waals surface area contributed by atoms with Crippen LogP contribution in [0, 0.1) is 5.82 Å². The molecule has 86 valence electrons. The van der Waals surface area contributed by atoms with E-state index in [-0.39, 0.29) is 18.0 Å². The topological polar surface area (TPSA) is 58.6 Å². The first-order valence-corrected chi connectivity index (χ1v) is 5.05. The van der Waals surface area contributed by atoms with Gasteiger partial charge in [-0.25, -0.2) is 9.18 Å². The summed E-state index contributed by atoms with van der Waals surface area (Å²) in [6.07, 6.45) is 0.320. The van der Waals surface area contributed by atoms with Crippen LogP contribution in [-0.4, -0.2) is 23.3 Å². The minimum Gasteiger partial charge on any atom is -0.490 e. The van der Waals surface area contributed by atoms with Crippen LogP contribution in [0.15, 0.2) is 24.3 Å². The summed E-state index contributed by atoms with van der Waals surface area (Å²) in [5.74, 6) is 0.312. The third-order valence-corrected chi connectivity index (χ3v) is 2.54. The first-order chi connectivity index (χ1) is 7.63. The molecular weight excluding hydrogens is 213 g/mol. The molecule has 1 aromatic carbocycles. The summed E-state index contributed by atoms with van der Waals surface area (Å²) in [6.45, 7) is 0. The van der Waals surface area contributed by atoms with Gasteiger partial charge in [0.05, 0.1) is 0 Å². The number of amides is 1. The highest BCUT2D eigenvalue weighted by molar-refractivity contribution is 5.65. The standard InChI is InChI=1S/C11H12FNO3/c12-7-1-3-9(4-2-7)16-10-5-8(6-10)13-11(14)15/h1-4,8,10,13H,5-6H2,(H,14,15)/t8-,10-. The Morgan fingerprint density at radius 3 is 2.56 bits per heavy atom. The Hall–Kier alpha value is -1.78. The maximum absolute atomic E-state index is 12.6. The number of rotatable bonds is 3. The van der Waals surface area contributed by atoms with Gasteiger partial charge >= 0.3 is 6.09 Å². The van der Waals surface area contributed by atoms with E-state index in [0.717, 1.165) is 0 Å². The van der Waals surface area contributed by atoms with Crippen LogP contribution in [0.25, 0.3) is 0 Å². The number of carboxylic acid groups (broad SMARTS) is 1. The minimum atomic E-state index is -1.01. The van der Waals surface area contributed by atoms with Crippen molar-refractivity contribution in [2.45, 2.75) is 25.0 Å². The van der Waals surface area contributed by atoms with E-state index in [1.165, 1.54) is 12.1 Å². The predicted octanol–water partition coefficient (Wildman–Crippen LogP) is 2.00. The molecule has 1 aromatic rings. The van der Waals surface area contributed by atoms with Crippen molar-refractivity contribution < 1.29 is 19.0 Å². The Morgan fingerprint density at radius 2 is 2.00 bits per heavy atom. The van der Waals surface area contributed by atoms with E-state index in [1.807, 2.05) is 0 Å². The summed E-state index contributed by atoms with van der Waals surface area (Å²) < 4.78 is 18.1. The van der Waals surface area contributed by atoms with Crippen molar-refractivity contribution >= 4 is 6.09 Å². The van der Waals surface area contributed by atoms with Crippen molar-refractivity contribution in [3.63, 3.8) is 0 Å². The zero-order valence-electron chi connectivity index (χ0n) is 8.52. The van der Waals surface area contributed by atoms with Crippen molar-refractivity contribution in [3.05, 3.63) is 30.1 Å². The van der Waals surface area contributed by atoms with Gasteiger partial charge < -0.3 is 15.2 Å². The molecule has 5 heteroatoms. The number of hydrogen-bond acceptors (Lipinski definition) is 2. The van der Waals surface area contributed by atoms with Crippen LogP contribution in [0.1, 0.15) is 12.8 Å². The third-order valence-electron chi connectivity index (χ3n) is 2.54. The molecule has 16 heavy (non-hydrogen) atoms. The second kappa shape index (κ2) is 4.38. The molecule has 0 bridgehead atoms. The molecule has 2 N–H and O–H groups in total. The molecule has 0 heterocycles. The molecule has 1 saturated carbocycles. The Bertz CT molecular complexity index is 373. The van der Waals surface area contributed by atoms with E-state index in [2.05, 4.69) is 5.32 Å². The van der Waals surface area contributed by atoms with Crippen LogP contribution >= 0.6 is 0 Å². The maximum atomic E-state index is 12.6. The quantitative estimate of drug-likeness (QED) is 0.827. The molecule has 0 spiro atoms. The number of nitrogens with one attached hydrogen (secondary N) is 1. The van der Waals surface area contributed by atoms with Crippen LogP contribution < -0.4 is 10.1 Å². The van der Waals surface area contributed by atoms with Crippen molar-refractivity contribution in [2.24, 2.45) is 0 Å². The first-order valence-electron chi connectivity index (χ1n) is 5.05. The zero-order valence-corrected chi connectivity index (χ0v) is 8.52. The largest absolute Gasteiger partial charge is 0.490 e. The molecule has 4 nitrogen and oxygen atoms in total. The normalized spacial score (nSPS) is 23.3. The molecule has 1 amide bonds. The van der Waals surface area contributed by atoms with E-state index < -0.39 is 6.09 Å². The zero-order chi connectivity index (χ0) is 11.5. The predicted molar refractivity (Wildman–Crippen MR) is 55.0 cm³/mol. The summed E-state index contributed by atoms with van der Waals surface area (Å²) in [5.41, 5.74) is 0. The number of carbonyl (C=O) groups is 1. The second-order valence-electron chi connectivity index (χ2n) is 3.81. The van der Waals surface area contributed by atoms with Gasteiger partial charge in [-0.2, -0.15) is 0 Å². The fourth-order valence-electron chi connectivity index (χ4n) is 1.66. The number of benzene rings is 1. The van der Waals surface area contributed by atoms with Crippen LogP contribution in [0.3, 0.4) is 0 Å². The second-order valence-corrected chi connectivity index (χ2v) is 3.81. The monoisotopic (exact) mass is 225 g/mol. The highest BCUT2D eigenvalue weighted by Crippen LogP contribution is 2.25. The van der Waals surface area contributed by atoms with Crippen molar-refractivity contribution in [3.8, 4) is 5.75 Å². The van der Waals surface area contributed by atoms with Gasteiger partial charge in [0, 0.05) is 18.9 Å². The van der Waals surface area contributed by atoms with Gasteiger partial charge in [0.1, 0.15) is 17.7 Å². The fraction of sp³-hybridized carbons (Fsp3) is 0.364. The molecule has 0 unspecified atom stereocenters. The molecule has 0 atom stereocenters. The molecule has 1 aliphatic carbocycles. The lowest BCUT2D eigenvalue weighted by Gasteiger charge is -2.34. The van der Waals surface area contributed by atoms with Gasteiger partial charge in [0.2, 0.25) is 0 Å². The van der Waals surface area contributed by atoms with E-state index >= 15 is 0 Å². The van der Waals surface area contributed by atoms with E-state index in [4.69, 9.17) is 9.84 Å². The van der Waals surface area contributed by atoms with E-state index in [1.54, 1.807) is 12.1 Å². The molecule has 2 rings (SSSR count). The average molecular weight is 225 g/mol. The van der Waals surface area contributed by atoms with Gasteiger partial charge in [-0.05, 0) is 24.3 Å². The number of hydrogen-bond donors (Lipinski definition) is 2. The Morgan fingerprint density at radius 1 is 1.38 bits per heavy atom. The van der Waals surface area contributed by atoms with Crippen LogP contribution in [-0.2, 0) is 0 Å². The lowest BCUT2D eigenvalue weighted by atomic mass is 9.89. The lowest BCUT2D eigenvalue weighted by Crippen LogP contribution is -2.48. The summed E-state index contributed by atoms with van der Waals surface area (Å²) >= 11 is 0. The molecule has 0 aliphatic heterocycles. The van der Waals surface area contributed by atoms with Crippen LogP contribution in [0.4, 0.5) is 9.18 Å². The Kier molecular flexibility index (Phi) is 2.94. The summed E-state index contributed by atoms with van der Waals surface area (Å²) in [7, 11) is 0. The van der Waals surface area contributed by atoms with Gasteiger partial charge in [-0.3, -0.25) is 0 Å². The van der Waals surface area contributed by atoms with Crippen LogP contribution in [0.2, 0.25) is 0 Å². The average Bonchev–Trinajstić information content (AvgIpc) is 2.17. The highest BCUT2D eigenvalue weighted by atomic mass is 19.1. The van der Waals surface area contributed by atoms with Crippen molar-refractivity contribution in [1.29, 1.82) is 0 Å². The van der Waals surface area contributed by atoms with Gasteiger partial charge in [0.25, 0.3) is 0 Å². The molecule has 0 radical (unpaired) electrons. The molecule has 1 aliphatic rings. The molecular formula is C11H12FNO3. The molecule has 1 fully saturated rings. The highest BCUT2D eigenvalue weighted by Gasteiger charge is 2.31. The minimum absolute atomic E-state index is 0.0160. The van der Waals surface area contributed by atoms with Crippen molar-refractivity contribution in [1.82, 2.24) is 5.32 Å². The Labute approximate surface area is 92.0 Å². The maximum Gasteiger partial charge on any atom is 0.404 e. The molecule has 0 saturated heterocycles. The number of ether oxygens (including phenoxy) is 1. The summed E-state index contributed by atoms with van der Waals surface area (Å²) in [4.78, 5) is 10.3. The van der Waals surface area contributed by atoms with Gasteiger partial charge in [0.15, 0.2) is 0 Å². The van der Waals surface area contributed by atoms with Gasteiger partial charge in [-0.1, -0.05) is 0 Å². The summed E-state index contributed by atoms with van der Waals surface area (Å²) in [5, 5.41) is 10.8. The van der Waals surface area contributed by atoms with Crippen LogP contribution in [0.5, 0.6) is 5.75 Å². The third kappa shape index (κ3) is 2.62. The Balaban J connectivity index is 1.77. The first kappa shape index (κ1) is 10.7. The fourth-order valence-corrected chi connectivity index (χ4v) is 1.66. The summed E-state index contributed by atoms with van der Waals surface area (Å²) in [6, 6.07) is 5.77.